The van der Waals surface area contributed by atoms with Crippen LogP contribution in [0, 0.1) is 5.21 Å². The maximum Gasteiger partial charge on any atom is 0.230 e. The van der Waals surface area contributed by atoms with Crippen LogP contribution in [0.25, 0.3) is 0 Å². The monoisotopic (exact) mass is 293 g/mol. The minimum Gasteiger partial charge on any atom is -0.569 e. The van der Waals surface area contributed by atoms with E-state index in [-0.39, 0.29) is 10.7 Å². The molecule has 8 nitrogen and oxygen atoms in total. The van der Waals surface area contributed by atoms with Crippen LogP contribution in [0.3, 0.4) is 0 Å². The molecule has 2 rings (SSSR count). The first kappa shape index (κ1) is 15.0. The van der Waals surface area contributed by atoms with Gasteiger partial charge in [0.15, 0.2) is 0 Å². The highest BCUT2D eigenvalue weighted by atomic mass is 16.6. The number of hydrogen-bond donors (Lipinski definition) is 2. The van der Waals surface area contributed by atoms with Crippen LogP contribution in [0.4, 0.5) is 0 Å². The summed E-state index contributed by atoms with van der Waals surface area (Å²) in [5.41, 5.74) is 0.703. The molecule has 1 aromatic carbocycles. The Bertz CT molecular complexity index is 512. The highest BCUT2D eigenvalue weighted by molar-refractivity contribution is 5.83. The minimum atomic E-state index is 0.216. The summed E-state index contributed by atoms with van der Waals surface area (Å²) in [5.74, 6) is 0.221. The molecule has 1 saturated heterocycles. The maximum absolute atomic E-state index is 11.1. The van der Waals surface area contributed by atoms with Gasteiger partial charge < -0.3 is 15.5 Å². The summed E-state index contributed by atoms with van der Waals surface area (Å²) >= 11 is 0. The highest BCUT2D eigenvalue weighted by Crippen LogP contribution is 2.12. The van der Waals surface area contributed by atoms with E-state index in [1.54, 1.807) is 24.4 Å². The van der Waals surface area contributed by atoms with E-state index in [9.17, 15) is 10.3 Å². The van der Waals surface area contributed by atoms with Crippen molar-refractivity contribution in [3.63, 3.8) is 0 Å². The first-order valence-electron chi connectivity index (χ1n) is 6.78. The van der Waals surface area contributed by atoms with Crippen LogP contribution < -0.4 is 0 Å². The Kier molecular flexibility index (Phi) is 5.33. The number of para-hydroxylation sites is 1. The van der Waals surface area contributed by atoms with E-state index in [4.69, 9.17) is 5.21 Å². The topological polar surface area (TPSA) is 97.7 Å². The van der Waals surface area contributed by atoms with Crippen LogP contribution in [-0.2, 0) is 0 Å². The van der Waals surface area contributed by atoms with Gasteiger partial charge in [-0.05, 0) is 12.1 Å². The van der Waals surface area contributed by atoms with Crippen molar-refractivity contribution >= 4 is 6.21 Å². The lowest BCUT2D eigenvalue weighted by atomic mass is 10.2. The van der Waals surface area contributed by atoms with Crippen molar-refractivity contribution in [2.45, 2.75) is 0 Å². The highest BCUT2D eigenvalue weighted by Gasteiger charge is 2.21. The molecule has 1 aliphatic heterocycles. The Morgan fingerprint density at radius 1 is 1.24 bits per heavy atom. The fourth-order valence-electron chi connectivity index (χ4n) is 2.15. The zero-order valence-electron chi connectivity index (χ0n) is 11.7. The number of phenols is 1. The van der Waals surface area contributed by atoms with Crippen LogP contribution in [-0.4, -0.2) is 70.7 Å². The second-order valence-corrected chi connectivity index (χ2v) is 4.73. The van der Waals surface area contributed by atoms with Crippen LogP contribution in [0.5, 0.6) is 5.75 Å². The van der Waals surface area contributed by atoms with Crippen molar-refractivity contribution in [1.82, 2.24) is 9.91 Å². The summed E-state index contributed by atoms with van der Waals surface area (Å²) in [4.78, 5) is 6.70. The molecule has 0 unspecified atom stereocenters. The van der Waals surface area contributed by atoms with Crippen molar-refractivity contribution < 1.29 is 15.3 Å². The lowest BCUT2D eigenvalue weighted by Gasteiger charge is -2.30. The number of hydrazine groups is 1. The second kappa shape index (κ2) is 7.44. The van der Waals surface area contributed by atoms with Crippen LogP contribution in [0.2, 0.25) is 0 Å². The molecule has 0 bridgehead atoms. The summed E-state index contributed by atoms with van der Waals surface area (Å²) in [6.45, 7) is 3.90. The predicted octanol–water partition coefficient (Wildman–Crippen LogP) is 0.695. The Balaban J connectivity index is 1.72. The number of aromatic hydroxyl groups is 1. The minimum absolute atomic E-state index is 0.216. The molecular formula is C13H19N5O3. The average Bonchev–Trinajstić information content (AvgIpc) is 2.53. The average molecular weight is 293 g/mol. The van der Waals surface area contributed by atoms with Gasteiger partial charge in [0, 0.05) is 31.4 Å². The van der Waals surface area contributed by atoms with E-state index < -0.39 is 0 Å². The molecule has 0 spiro atoms. The molecular weight excluding hydrogens is 274 g/mol. The van der Waals surface area contributed by atoms with E-state index in [0.717, 1.165) is 19.6 Å². The number of benzene rings is 1. The molecule has 1 heterocycles. The fourth-order valence-corrected chi connectivity index (χ4v) is 2.15. The van der Waals surface area contributed by atoms with Gasteiger partial charge in [0.2, 0.25) is 5.28 Å². The predicted molar refractivity (Wildman–Crippen MR) is 76.4 cm³/mol. The molecule has 1 fully saturated rings. The maximum atomic E-state index is 11.1. The lowest BCUT2D eigenvalue weighted by molar-refractivity contribution is -0.711. The van der Waals surface area contributed by atoms with Gasteiger partial charge in [-0.3, -0.25) is 9.89 Å². The molecule has 1 aromatic rings. The van der Waals surface area contributed by atoms with E-state index in [2.05, 4.69) is 15.2 Å². The molecule has 8 heteroatoms. The van der Waals surface area contributed by atoms with Crippen LogP contribution >= 0.6 is 0 Å². The lowest BCUT2D eigenvalue weighted by Crippen LogP contribution is -2.49. The van der Waals surface area contributed by atoms with Gasteiger partial charge in [0.25, 0.3) is 0 Å². The summed E-state index contributed by atoms with van der Waals surface area (Å²) < 4.78 is 0. The van der Waals surface area contributed by atoms with Crippen LogP contribution in [0.15, 0.2) is 34.5 Å². The van der Waals surface area contributed by atoms with Crippen molar-refractivity contribution in [2.24, 2.45) is 10.3 Å². The zero-order chi connectivity index (χ0) is 15.1. The summed E-state index contributed by atoms with van der Waals surface area (Å²) in [5, 5.41) is 33.1. The quantitative estimate of drug-likeness (QED) is 0.360. The molecule has 21 heavy (non-hydrogen) atoms. The molecule has 0 atom stereocenters. The third kappa shape index (κ3) is 4.32. The molecule has 114 valence electrons. The zero-order valence-corrected chi connectivity index (χ0v) is 11.7. The third-order valence-corrected chi connectivity index (χ3v) is 3.38. The summed E-state index contributed by atoms with van der Waals surface area (Å²) in [6.07, 6.45) is 1.66. The fraction of sp³-hybridized carbons (Fsp3) is 0.462. The number of aliphatic imine (C=N–C) groups is 1. The molecule has 0 radical (unpaired) electrons. The Labute approximate surface area is 122 Å². The van der Waals surface area contributed by atoms with Gasteiger partial charge in [0.05, 0.1) is 24.6 Å². The van der Waals surface area contributed by atoms with E-state index in [1.165, 1.54) is 5.01 Å². The molecule has 0 saturated carbocycles. The molecule has 0 amide bonds. The normalized spacial score (nSPS) is 17.5. The molecule has 2 N–H and O–H groups in total. The van der Waals surface area contributed by atoms with Gasteiger partial charge in [-0.25, -0.2) is 0 Å². The first-order chi connectivity index (χ1) is 10.2. The molecule has 0 aliphatic carbocycles. The Morgan fingerprint density at radius 2 is 1.95 bits per heavy atom. The molecule has 1 aliphatic rings. The van der Waals surface area contributed by atoms with Crippen molar-refractivity contribution in [1.29, 1.82) is 0 Å². The summed E-state index contributed by atoms with van der Waals surface area (Å²) in [6, 6.07) is 7.05. The van der Waals surface area contributed by atoms with Crippen LogP contribution in [0.1, 0.15) is 5.56 Å². The molecule has 0 aromatic heterocycles. The van der Waals surface area contributed by atoms with Crippen molar-refractivity contribution in [3.8, 4) is 5.75 Å². The van der Waals surface area contributed by atoms with E-state index in [1.807, 2.05) is 6.07 Å². The van der Waals surface area contributed by atoms with E-state index in [0.29, 0.717) is 25.2 Å². The van der Waals surface area contributed by atoms with Crippen molar-refractivity contribution in [3.05, 3.63) is 35.0 Å². The van der Waals surface area contributed by atoms with E-state index >= 15 is 0 Å². The standard InChI is InChI=1S/C13H19N5O3/c19-13-4-2-1-3-12(13)11-14-5-6-16-7-9-17(10-8-16)18(21)15-20/h1-4,11,19-20H,5-10H2/b14-11?,18-15-. The number of nitrogens with zero attached hydrogens (tertiary/aromatic N) is 5. The third-order valence-electron chi connectivity index (χ3n) is 3.38. The SMILES string of the molecule is [O-]/[N+](=N\O)N1CCN(CCN=Cc2ccccc2O)CC1. The van der Waals surface area contributed by atoms with Gasteiger partial charge in [-0.15, -0.1) is 5.01 Å². The van der Waals surface area contributed by atoms with Crippen molar-refractivity contribution in [2.75, 3.05) is 39.3 Å². The number of rotatable bonds is 5. The smallest absolute Gasteiger partial charge is 0.230 e. The number of phenolic OH excluding ortho intramolecular Hbond substituents is 1. The summed E-state index contributed by atoms with van der Waals surface area (Å²) in [7, 11) is 0. The first-order valence-corrected chi connectivity index (χ1v) is 6.78. The van der Waals surface area contributed by atoms with Gasteiger partial charge in [0.1, 0.15) is 5.75 Å². The van der Waals surface area contributed by atoms with Gasteiger partial charge in [-0.2, -0.15) is 0 Å². The largest absolute Gasteiger partial charge is 0.569 e. The Morgan fingerprint density at radius 3 is 2.62 bits per heavy atom. The number of piperazine rings is 1. The number of hydrogen-bond acceptors (Lipinski definition) is 5. The van der Waals surface area contributed by atoms with Gasteiger partial charge >= 0.3 is 0 Å². The second-order valence-electron chi connectivity index (χ2n) is 4.73. The van der Waals surface area contributed by atoms with Gasteiger partial charge in [-0.1, -0.05) is 12.1 Å². The Hall–Kier alpha value is -2.35.